The van der Waals surface area contributed by atoms with Crippen LogP contribution in [0.4, 0.5) is 0 Å². The topological polar surface area (TPSA) is 198 Å². The number of Topliss-reactive ketones (excluding diaryl/α,β-unsaturated/α-hetero) is 3. The fourth-order valence-electron chi connectivity index (χ4n) is 6.43. The molecule has 1 amide bonds. The Balaban J connectivity index is 4.42. The first-order chi connectivity index (χ1) is 28.3. The Bertz CT molecular complexity index is 1070. The largest absolute Gasteiger partial charge is 0.481 e. The van der Waals surface area contributed by atoms with Crippen LogP contribution >= 0.6 is 0 Å². The summed E-state index contributed by atoms with van der Waals surface area (Å²) in [6.45, 7) is 4.30. The van der Waals surface area contributed by atoms with Gasteiger partial charge in [0.2, 0.25) is 5.91 Å². The van der Waals surface area contributed by atoms with Gasteiger partial charge in [-0.15, -0.1) is 0 Å². The summed E-state index contributed by atoms with van der Waals surface area (Å²) in [7, 11) is 0. The quantitative estimate of drug-likeness (QED) is 0.0378. The number of aliphatic carboxylic acids is 1. The van der Waals surface area contributed by atoms with Gasteiger partial charge in [-0.1, -0.05) is 103 Å². The number of unbranched alkanes of at least 4 members (excludes halogenated alkanes) is 14. The normalized spacial score (nSPS) is 12.2. The Morgan fingerprint density at radius 1 is 0.534 bits per heavy atom. The SMILES string of the molecule is CCCCCCCCCCCCCCCCCC(C(=O)CCCOCC=O)C(=O)CC(CCC(=O)NCCOCCOCC(=O)CCCOCCOCC=O)C(=O)O. The van der Waals surface area contributed by atoms with Crippen LogP contribution in [0.1, 0.15) is 155 Å². The molecule has 58 heavy (non-hydrogen) atoms. The highest BCUT2D eigenvalue weighted by atomic mass is 16.5. The number of hydrogen-bond acceptors (Lipinski definition) is 12. The molecule has 0 aliphatic heterocycles. The third kappa shape index (κ3) is 36.2. The van der Waals surface area contributed by atoms with Gasteiger partial charge in [-0.2, -0.15) is 0 Å². The Kier molecular flexibility index (Phi) is 40.1. The van der Waals surface area contributed by atoms with Crippen LogP contribution < -0.4 is 5.32 Å². The van der Waals surface area contributed by atoms with Gasteiger partial charge in [0.05, 0.1) is 44.9 Å². The summed E-state index contributed by atoms with van der Waals surface area (Å²) < 4.78 is 26.2. The maximum atomic E-state index is 13.4. The molecule has 0 fully saturated rings. The standard InChI is InChI=1S/C44H77NO13/c1-2-3-4-5-6-7-8-9-10-11-12-13-14-15-16-20-40(41(49)21-18-28-54-30-25-46)42(50)36-38(44(52)53)22-23-43(51)45-24-29-56-34-35-58-37-39(48)19-17-27-55-32-33-57-31-26-47/h25-26,38,40H,2-24,27-37H2,1H3,(H,45,51)(H,52,53). The zero-order chi connectivity index (χ0) is 42.7. The van der Waals surface area contributed by atoms with Gasteiger partial charge in [0.25, 0.3) is 0 Å². The average Bonchev–Trinajstić information content (AvgIpc) is 3.20. The van der Waals surface area contributed by atoms with Crippen LogP contribution in [0.25, 0.3) is 0 Å². The summed E-state index contributed by atoms with van der Waals surface area (Å²) in [5.41, 5.74) is 0. The van der Waals surface area contributed by atoms with Gasteiger partial charge in [0, 0.05) is 45.4 Å². The zero-order valence-electron chi connectivity index (χ0n) is 35.7. The third-order valence-electron chi connectivity index (χ3n) is 9.79. The molecule has 14 heteroatoms. The molecule has 336 valence electrons. The molecule has 0 aliphatic rings. The van der Waals surface area contributed by atoms with Crippen molar-refractivity contribution in [3.8, 4) is 0 Å². The summed E-state index contributed by atoms with van der Waals surface area (Å²) in [6.07, 6.45) is 20.6. The molecule has 0 rings (SSSR count). The van der Waals surface area contributed by atoms with Gasteiger partial charge in [-0.05, 0) is 25.7 Å². The summed E-state index contributed by atoms with van der Waals surface area (Å²) in [4.78, 5) is 83.6. The maximum Gasteiger partial charge on any atom is 0.306 e. The van der Waals surface area contributed by atoms with E-state index in [2.05, 4.69) is 12.2 Å². The van der Waals surface area contributed by atoms with Crippen LogP contribution in [0.3, 0.4) is 0 Å². The van der Waals surface area contributed by atoms with Gasteiger partial charge in [0.1, 0.15) is 44.0 Å². The average molecular weight is 828 g/mol. The minimum Gasteiger partial charge on any atom is -0.481 e. The molecule has 0 bridgehead atoms. The Morgan fingerprint density at radius 2 is 1.03 bits per heavy atom. The van der Waals surface area contributed by atoms with Crippen LogP contribution in [-0.4, -0.2) is 120 Å². The lowest BCUT2D eigenvalue weighted by molar-refractivity contribution is -0.146. The molecule has 0 heterocycles. The van der Waals surface area contributed by atoms with Crippen molar-refractivity contribution in [1.82, 2.24) is 5.32 Å². The molecule has 0 radical (unpaired) electrons. The van der Waals surface area contributed by atoms with E-state index >= 15 is 0 Å². The van der Waals surface area contributed by atoms with Crippen LogP contribution in [0.2, 0.25) is 0 Å². The van der Waals surface area contributed by atoms with Crippen molar-refractivity contribution in [2.75, 3.05) is 72.6 Å². The molecule has 0 spiro atoms. The van der Waals surface area contributed by atoms with Crippen LogP contribution in [0, 0.1) is 11.8 Å². The summed E-state index contributed by atoms with van der Waals surface area (Å²) in [5.74, 6) is -4.25. The van der Waals surface area contributed by atoms with E-state index in [9.17, 15) is 38.7 Å². The van der Waals surface area contributed by atoms with E-state index in [0.29, 0.717) is 64.5 Å². The predicted molar refractivity (Wildman–Crippen MR) is 221 cm³/mol. The molecule has 14 nitrogen and oxygen atoms in total. The second-order valence-corrected chi connectivity index (χ2v) is 14.9. The Hall–Kier alpha value is -2.91. The van der Waals surface area contributed by atoms with Gasteiger partial charge >= 0.3 is 5.97 Å². The molecule has 2 N–H and O–H groups in total. The predicted octanol–water partition coefficient (Wildman–Crippen LogP) is 6.60. The van der Waals surface area contributed by atoms with Crippen molar-refractivity contribution in [1.29, 1.82) is 0 Å². The molecule has 0 aliphatic carbocycles. The molecule has 0 aromatic carbocycles. The number of carbonyl (C=O) groups excluding carboxylic acids is 6. The van der Waals surface area contributed by atoms with E-state index in [0.717, 1.165) is 19.3 Å². The van der Waals surface area contributed by atoms with Crippen molar-refractivity contribution < 1.29 is 62.4 Å². The van der Waals surface area contributed by atoms with Gasteiger partial charge in [-0.25, -0.2) is 0 Å². The number of hydrogen-bond donors (Lipinski definition) is 2. The number of carboxylic acids is 1. The van der Waals surface area contributed by atoms with Crippen molar-refractivity contribution in [2.24, 2.45) is 11.8 Å². The van der Waals surface area contributed by atoms with Crippen LogP contribution in [-0.2, 0) is 57.2 Å². The van der Waals surface area contributed by atoms with Crippen molar-refractivity contribution in [2.45, 2.75) is 155 Å². The van der Waals surface area contributed by atoms with Crippen molar-refractivity contribution in [3.05, 3.63) is 0 Å². The smallest absolute Gasteiger partial charge is 0.306 e. The molecule has 2 unspecified atom stereocenters. The molecule has 2 atom stereocenters. The summed E-state index contributed by atoms with van der Waals surface area (Å²) in [6, 6.07) is 0. The number of ketones is 3. The Morgan fingerprint density at radius 3 is 1.62 bits per heavy atom. The molecule has 0 saturated heterocycles. The minimum atomic E-state index is -1.19. The van der Waals surface area contributed by atoms with Crippen molar-refractivity contribution in [3.63, 3.8) is 0 Å². The lowest BCUT2D eigenvalue weighted by Crippen LogP contribution is -2.31. The zero-order valence-corrected chi connectivity index (χ0v) is 35.7. The monoisotopic (exact) mass is 828 g/mol. The molecule has 0 aromatic rings. The molecular weight excluding hydrogens is 750 g/mol. The van der Waals surface area contributed by atoms with Gasteiger partial charge < -0.3 is 43.7 Å². The second kappa shape index (κ2) is 42.2. The van der Waals surface area contributed by atoms with E-state index in [1.54, 1.807) is 0 Å². The van der Waals surface area contributed by atoms with E-state index in [-0.39, 0.29) is 95.9 Å². The number of carboxylic acid groups (broad SMARTS) is 1. The third-order valence-corrected chi connectivity index (χ3v) is 9.79. The molecule has 0 saturated carbocycles. The highest BCUT2D eigenvalue weighted by Crippen LogP contribution is 2.22. The Labute approximate surface area is 347 Å². The van der Waals surface area contributed by atoms with E-state index in [1.807, 2.05) is 0 Å². The maximum absolute atomic E-state index is 13.4. The number of amides is 1. The summed E-state index contributed by atoms with van der Waals surface area (Å²) in [5, 5.41) is 12.5. The van der Waals surface area contributed by atoms with E-state index < -0.39 is 23.6 Å². The van der Waals surface area contributed by atoms with Crippen molar-refractivity contribution >= 4 is 41.8 Å². The number of rotatable bonds is 47. The lowest BCUT2D eigenvalue weighted by atomic mass is 9.84. The van der Waals surface area contributed by atoms with Crippen LogP contribution in [0.5, 0.6) is 0 Å². The lowest BCUT2D eigenvalue weighted by Gasteiger charge is -2.18. The first-order valence-corrected chi connectivity index (χ1v) is 22.1. The minimum absolute atomic E-state index is 0.0355. The first kappa shape index (κ1) is 55.1. The summed E-state index contributed by atoms with van der Waals surface area (Å²) >= 11 is 0. The van der Waals surface area contributed by atoms with E-state index in [1.165, 1.54) is 70.6 Å². The molecular formula is C44H77NO13. The van der Waals surface area contributed by atoms with Gasteiger partial charge in [0.15, 0.2) is 5.78 Å². The highest BCUT2D eigenvalue weighted by molar-refractivity contribution is 6.03. The van der Waals surface area contributed by atoms with E-state index in [4.69, 9.17) is 23.7 Å². The van der Waals surface area contributed by atoms with Crippen LogP contribution in [0.15, 0.2) is 0 Å². The molecule has 0 aromatic heterocycles. The fourth-order valence-corrected chi connectivity index (χ4v) is 6.43. The van der Waals surface area contributed by atoms with Gasteiger partial charge in [-0.3, -0.25) is 24.0 Å². The number of carbonyl (C=O) groups is 7. The highest BCUT2D eigenvalue weighted by Gasteiger charge is 2.30. The number of ether oxygens (including phenoxy) is 5. The second-order valence-electron chi connectivity index (χ2n) is 14.9. The fraction of sp³-hybridized carbons (Fsp3) is 0.841. The number of nitrogens with one attached hydrogen (secondary N) is 1. The first-order valence-electron chi connectivity index (χ1n) is 22.1. The number of aldehydes is 2.